The van der Waals surface area contributed by atoms with Crippen molar-refractivity contribution in [3.63, 3.8) is 0 Å². The van der Waals surface area contributed by atoms with E-state index in [1.165, 1.54) is 36.3 Å². The number of fused-ring (bicyclic) bond motifs is 1. The number of pyridine rings is 1. The van der Waals surface area contributed by atoms with E-state index in [1.54, 1.807) is 19.1 Å². The van der Waals surface area contributed by atoms with E-state index in [2.05, 4.69) is 27.1 Å². The predicted octanol–water partition coefficient (Wildman–Crippen LogP) is 4.62. The molecule has 0 unspecified atom stereocenters. The van der Waals surface area contributed by atoms with Crippen LogP contribution in [0.4, 0.5) is 9.52 Å². The zero-order valence-electron chi connectivity index (χ0n) is 16.0. The number of carbonyl (C=O) groups is 1. The molecule has 1 fully saturated rings. The molecule has 3 heterocycles. The van der Waals surface area contributed by atoms with Crippen molar-refractivity contribution in [1.29, 1.82) is 0 Å². The molecule has 3 aromatic rings. The number of aryl methyl sites for hydroxylation is 1. The summed E-state index contributed by atoms with van der Waals surface area (Å²) in [6.45, 7) is 7.06. The largest absolute Gasteiger partial charge is 0.298 e. The molecule has 1 saturated heterocycles. The Bertz CT molecular complexity index is 1020. The molecule has 4 rings (SSSR count). The van der Waals surface area contributed by atoms with Gasteiger partial charge < -0.3 is 0 Å². The third-order valence-corrected chi connectivity index (χ3v) is 5.92. The molecule has 1 N–H and O–H groups in total. The summed E-state index contributed by atoms with van der Waals surface area (Å²) in [4.78, 5) is 24.1. The maximum Gasteiger partial charge on any atom is 0.259 e. The zero-order chi connectivity index (χ0) is 19.7. The molecule has 0 spiro atoms. The number of carbonyl (C=O) groups excluding carboxylic acids is 1. The highest BCUT2D eigenvalue weighted by molar-refractivity contribution is 7.14. The third kappa shape index (κ3) is 4.20. The first-order valence-corrected chi connectivity index (χ1v) is 10.4. The quantitative estimate of drug-likeness (QED) is 0.697. The second-order valence-electron chi connectivity index (χ2n) is 7.54. The number of hydrogen-bond donors (Lipinski definition) is 1. The Labute approximate surface area is 167 Å². The Morgan fingerprint density at radius 1 is 1.36 bits per heavy atom. The number of anilines is 1. The van der Waals surface area contributed by atoms with Gasteiger partial charge in [0.15, 0.2) is 5.13 Å². The summed E-state index contributed by atoms with van der Waals surface area (Å²) in [6.07, 6.45) is 2.52. The van der Waals surface area contributed by atoms with E-state index in [0.717, 1.165) is 36.6 Å². The number of thiazole rings is 1. The maximum absolute atomic E-state index is 13.4. The van der Waals surface area contributed by atoms with Crippen LogP contribution >= 0.6 is 11.3 Å². The summed E-state index contributed by atoms with van der Waals surface area (Å²) < 4.78 is 13.4. The van der Waals surface area contributed by atoms with Crippen molar-refractivity contribution >= 4 is 33.3 Å². The summed E-state index contributed by atoms with van der Waals surface area (Å²) in [5.41, 5.74) is 2.56. The lowest BCUT2D eigenvalue weighted by Gasteiger charge is -2.30. The number of rotatable bonds is 4. The molecule has 1 aliphatic heterocycles. The minimum atomic E-state index is -0.338. The Balaban J connectivity index is 1.46. The minimum Gasteiger partial charge on any atom is -0.298 e. The standard InChI is InChI=1S/C21H23FN4OS/c1-13-4-3-7-26(10-13)11-17-12-28-21(24-17)25-20(27)18-8-15-5-6-16(22)9-19(15)23-14(18)2/h5-6,8-9,12-13H,3-4,7,10-11H2,1-2H3,(H,24,25,27)/t13-/m1/s1. The van der Waals surface area contributed by atoms with E-state index in [1.807, 2.05) is 5.38 Å². The Morgan fingerprint density at radius 3 is 3.04 bits per heavy atom. The molecular weight excluding hydrogens is 375 g/mol. The lowest BCUT2D eigenvalue weighted by molar-refractivity contribution is 0.102. The van der Waals surface area contributed by atoms with Gasteiger partial charge in [0.1, 0.15) is 5.82 Å². The number of amides is 1. The number of likely N-dealkylation sites (tertiary alicyclic amines) is 1. The van der Waals surface area contributed by atoms with Crippen LogP contribution in [-0.4, -0.2) is 33.9 Å². The summed E-state index contributed by atoms with van der Waals surface area (Å²) in [6, 6.07) is 6.12. The molecule has 1 amide bonds. The number of benzene rings is 1. The number of piperidine rings is 1. The molecule has 0 bridgehead atoms. The Morgan fingerprint density at radius 2 is 2.21 bits per heavy atom. The number of nitrogens with one attached hydrogen (secondary N) is 1. The van der Waals surface area contributed by atoms with Gasteiger partial charge in [0.05, 0.1) is 22.5 Å². The normalized spacial score (nSPS) is 17.8. The van der Waals surface area contributed by atoms with Crippen molar-refractivity contribution in [1.82, 2.24) is 14.9 Å². The van der Waals surface area contributed by atoms with Gasteiger partial charge in [-0.1, -0.05) is 6.92 Å². The van der Waals surface area contributed by atoms with Gasteiger partial charge in [-0.2, -0.15) is 0 Å². The fourth-order valence-electron chi connectivity index (χ4n) is 3.73. The monoisotopic (exact) mass is 398 g/mol. The minimum absolute atomic E-state index is 0.247. The second kappa shape index (κ2) is 7.93. The van der Waals surface area contributed by atoms with Gasteiger partial charge >= 0.3 is 0 Å². The van der Waals surface area contributed by atoms with Crippen molar-refractivity contribution < 1.29 is 9.18 Å². The molecular formula is C21H23FN4OS. The average Bonchev–Trinajstić information content (AvgIpc) is 3.07. The van der Waals surface area contributed by atoms with Gasteiger partial charge in [-0.25, -0.2) is 9.37 Å². The number of hydrogen-bond acceptors (Lipinski definition) is 5. The van der Waals surface area contributed by atoms with Crippen molar-refractivity contribution in [2.45, 2.75) is 33.2 Å². The van der Waals surface area contributed by atoms with E-state index in [4.69, 9.17) is 0 Å². The molecule has 2 aromatic heterocycles. The number of aromatic nitrogens is 2. The Kier molecular flexibility index (Phi) is 5.37. The van der Waals surface area contributed by atoms with Gasteiger partial charge in [-0.3, -0.25) is 20.0 Å². The van der Waals surface area contributed by atoms with Crippen LogP contribution in [0, 0.1) is 18.7 Å². The van der Waals surface area contributed by atoms with Crippen molar-refractivity contribution in [3.05, 3.63) is 52.4 Å². The van der Waals surface area contributed by atoms with Crippen LogP contribution in [0.15, 0.2) is 29.6 Å². The van der Waals surface area contributed by atoms with E-state index in [0.29, 0.717) is 21.9 Å². The highest BCUT2D eigenvalue weighted by atomic mass is 32.1. The molecule has 146 valence electrons. The molecule has 1 aliphatic rings. The first kappa shape index (κ1) is 19.0. The van der Waals surface area contributed by atoms with Gasteiger partial charge in [-0.05, 0) is 50.4 Å². The lowest BCUT2D eigenvalue weighted by Crippen LogP contribution is -2.33. The first-order valence-electron chi connectivity index (χ1n) is 9.53. The molecule has 0 saturated carbocycles. The van der Waals surface area contributed by atoms with Crippen LogP contribution in [0.25, 0.3) is 10.9 Å². The van der Waals surface area contributed by atoms with Crippen LogP contribution in [0.1, 0.15) is 41.5 Å². The van der Waals surface area contributed by atoms with Crippen molar-refractivity contribution in [3.8, 4) is 0 Å². The predicted molar refractivity (Wildman–Crippen MR) is 110 cm³/mol. The van der Waals surface area contributed by atoms with Gasteiger partial charge in [0.25, 0.3) is 5.91 Å². The van der Waals surface area contributed by atoms with Crippen LogP contribution in [0.5, 0.6) is 0 Å². The molecule has 5 nitrogen and oxygen atoms in total. The van der Waals surface area contributed by atoms with Crippen LogP contribution in [-0.2, 0) is 6.54 Å². The molecule has 28 heavy (non-hydrogen) atoms. The molecule has 0 aliphatic carbocycles. The van der Waals surface area contributed by atoms with Crippen LogP contribution in [0.2, 0.25) is 0 Å². The van der Waals surface area contributed by atoms with Crippen molar-refractivity contribution in [2.24, 2.45) is 5.92 Å². The van der Waals surface area contributed by atoms with Gasteiger partial charge in [-0.15, -0.1) is 11.3 Å². The highest BCUT2D eigenvalue weighted by Gasteiger charge is 2.18. The van der Waals surface area contributed by atoms with Crippen molar-refractivity contribution in [2.75, 3.05) is 18.4 Å². The van der Waals surface area contributed by atoms with E-state index < -0.39 is 0 Å². The van der Waals surface area contributed by atoms with E-state index >= 15 is 0 Å². The third-order valence-electron chi connectivity index (χ3n) is 5.11. The SMILES string of the molecule is Cc1nc2cc(F)ccc2cc1C(=O)Nc1nc(CN2CCC[C@@H](C)C2)cs1. The zero-order valence-corrected chi connectivity index (χ0v) is 16.9. The summed E-state index contributed by atoms with van der Waals surface area (Å²) in [7, 11) is 0. The summed E-state index contributed by atoms with van der Waals surface area (Å²) >= 11 is 1.43. The smallest absolute Gasteiger partial charge is 0.259 e. The van der Waals surface area contributed by atoms with Crippen LogP contribution < -0.4 is 5.32 Å². The topological polar surface area (TPSA) is 58.1 Å². The lowest BCUT2D eigenvalue weighted by atomic mass is 10.0. The van der Waals surface area contributed by atoms with Gasteiger partial charge in [0, 0.05) is 29.9 Å². The second-order valence-corrected chi connectivity index (χ2v) is 8.40. The Hall–Kier alpha value is -2.38. The first-order chi connectivity index (χ1) is 13.5. The number of halogens is 1. The fraction of sp³-hybridized carbons (Fsp3) is 0.381. The molecule has 1 atom stereocenters. The highest BCUT2D eigenvalue weighted by Crippen LogP contribution is 2.23. The molecule has 1 aromatic carbocycles. The summed E-state index contributed by atoms with van der Waals surface area (Å²) in [5, 5.41) is 6.20. The van der Waals surface area contributed by atoms with Crippen LogP contribution in [0.3, 0.4) is 0 Å². The number of nitrogens with zero attached hydrogens (tertiary/aromatic N) is 3. The molecule has 7 heteroatoms. The van der Waals surface area contributed by atoms with E-state index in [9.17, 15) is 9.18 Å². The molecule has 0 radical (unpaired) electrons. The van der Waals surface area contributed by atoms with E-state index in [-0.39, 0.29) is 11.7 Å². The average molecular weight is 399 g/mol. The maximum atomic E-state index is 13.4. The van der Waals surface area contributed by atoms with Gasteiger partial charge in [0.2, 0.25) is 0 Å². The fourth-order valence-corrected chi connectivity index (χ4v) is 4.42. The summed E-state index contributed by atoms with van der Waals surface area (Å²) in [5.74, 6) is 0.141.